The molecule has 0 aliphatic rings. The quantitative estimate of drug-likeness (QED) is 0.861. The summed E-state index contributed by atoms with van der Waals surface area (Å²) in [5, 5.41) is 2.83. The van der Waals surface area contributed by atoms with Gasteiger partial charge in [-0.25, -0.2) is 9.18 Å². The van der Waals surface area contributed by atoms with Crippen LogP contribution in [0.25, 0.3) is 0 Å². The zero-order chi connectivity index (χ0) is 15.9. The summed E-state index contributed by atoms with van der Waals surface area (Å²) in [5.74, 6) is -1.46. The average Bonchev–Trinajstić information content (AvgIpc) is 2.52. The van der Waals surface area contributed by atoms with E-state index < -0.39 is 18.5 Å². The Morgan fingerprint density at radius 3 is 2.45 bits per heavy atom. The van der Waals surface area contributed by atoms with Gasteiger partial charge in [-0.2, -0.15) is 0 Å². The number of amides is 1. The molecule has 0 heterocycles. The highest BCUT2D eigenvalue weighted by molar-refractivity contribution is 6.33. The molecule has 0 saturated heterocycles. The lowest BCUT2D eigenvalue weighted by atomic mass is 10.2. The van der Waals surface area contributed by atoms with E-state index in [1.807, 2.05) is 0 Å². The van der Waals surface area contributed by atoms with E-state index in [4.69, 9.17) is 16.3 Å². The standard InChI is InChI=1S/C16H13ClFNO3/c17-14-4-2-1-3-13(14)16(21)22-10-15(20)19-9-11-5-7-12(18)8-6-11/h1-8H,9-10H2,(H,19,20). The van der Waals surface area contributed by atoms with Gasteiger partial charge in [-0.3, -0.25) is 4.79 Å². The SMILES string of the molecule is O=C(COC(=O)c1ccccc1Cl)NCc1ccc(F)cc1. The minimum Gasteiger partial charge on any atom is -0.452 e. The molecule has 22 heavy (non-hydrogen) atoms. The summed E-state index contributed by atoms with van der Waals surface area (Å²) in [6, 6.07) is 12.1. The highest BCUT2D eigenvalue weighted by atomic mass is 35.5. The van der Waals surface area contributed by atoms with E-state index in [-0.39, 0.29) is 22.9 Å². The van der Waals surface area contributed by atoms with Gasteiger partial charge >= 0.3 is 5.97 Å². The van der Waals surface area contributed by atoms with Crippen molar-refractivity contribution in [2.24, 2.45) is 0 Å². The smallest absolute Gasteiger partial charge is 0.340 e. The van der Waals surface area contributed by atoms with Crippen LogP contribution < -0.4 is 5.32 Å². The van der Waals surface area contributed by atoms with Crippen molar-refractivity contribution < 1.29 is 18.7 Å². The molecule has 0 aliphatic heterocycles. The van der Waals surface area contributed by atoms with Gasteiger partial charge in [0.05, 0.1) is 10.6 Å². The minimum atomic E-state index is -0.664. The van der Waals surface area contributed by atoms with E-state index >= 15 is 0 Å². The Labute approximate surface area is 131 Å². The minimum absolute atomic E-state index is 0.204. The van der Waals surface area contributed by atoms with Crippen LogP contribution in [0.2, 0.25) is 5.02 Å². The van der Waals surface area contributed by atoms with Crippen molar-refractivity contribution in [1.29, 1.82) is 0 Å². The Balaban J connectivity index is 1.79. The lowest BCUT2D eigenvalue weighted by molar-refractivity contribution is -0.124. The third kappa shape index (κ3) is 4.56. The molecule has 0 spiro atoms. The second-order valence-corrected chi connectivity index (χ2v) is 4.87. The van der Waals surface area contributed by atoms with Crippen molar-refractivity contribution in [1.82, 2.24) is 5.32 Å². The van der Waals surface area contributed by atoms with Gasteiger partial charge < -0.3 is 10.1 Å². The van der Waals surface area contributed by atoms with Crippen LogP contribution in [0.3, 0.4) is 0 Å². The zero-order valence-corrected chi connectivity index (χ0v) is 12.3. The fourth-order valence-electron chi connectivity index (χ4n) is 1.69. The number of hydrogen-bond donors (Lipinski definition) is 1. The van der Waals surface area contributed by atoms with E-state index in [0.29, 0.717) is 0 Å². The number of benzene rings is 2. The summed E-state index contributed by atoms with van der Waals surface area (Å²) in [6.07, 6.45) is 0. The summed E-state index contributed by atoms with van der Waals surface area (Å²) < 4.78 is 17.6. The predicted octanol–water partition coefficient (Wildman–Crippen LogP) is 2.95. The Kier molecular flexibility index (Phi) is 5.49. The maximum atomic E-state index is 12.7. The van der Waals surface area contributed by atoms with Crippen LogP contribution >= 0.6 is 11.6 Å². The Hall–Kier alpha value is -2.40. The fourth-order valence-corrected chi connectivity index (χ4v) is 1.90. The topological polar surface area (TPSA) is 55.4 Å². The molecule has 1 N–H and O–H groups in total. The van der Waals surface area contributed by atoms with Gasteiger partial charge in [0, 0.05) is 6.54 Å². The first-order chi connectivity index (χ1) is 10.6. The molecule has 0 aliphatic carbocycles. The average molecular weight is 322 g/mol. The monoisotopic (exact) mass is 321 g/mol. The van der Waals surface area contributed by atoms with Crippen molar-refractivity contribution >= 4 is 23.5 Å². The van der Waals surface area contributed by atoms with Gasteiger partial charge in [0.2, 0.25) is 0 Å². The highest BCUT2D eigenvalue weighted by Crippen LogP contribution is 2.15. The molecule has 0 fully saturated rings. The Morgan fingerprint density at radius 1 is 1.09 bits per heavy atom. The van der Waals surface area contributed by atoms with Gasteiger partial charge in [0.1, 0.15) is 5.82 Å². The lowest BCUT2D eigenvalue weighted by Gasteiger charge is -2.07. The zero-order valence-electron chi connectivity index (χ0n) is 11.5. The fraction of sp³-hybridized carbons (Fsp3) is 0.125. The van der Waals surface area contributed by atoms with Gasteiger partial charge in [0.25, 0.3) is 5.91 Å². The molecule has 0 bridgehead atoms. The number of halogens is 2. The van der Waals surface area contributed by atoms with Gasteiger partial charge in [-0.15, -0.1) is 0 Å². The molecule has 1 amide bonds. The largest absolute Gasteiger partial charge is 0.452 e. The van der Waals surface area contributed by atoms with Gasteiger partial charge in [0.15, 0.2) is 6.61 Å². The second-order valence-electron chi connectivity index (χ2n) is 4.46. The molecule has 0 saturated carbocycles. The van der Waals surface area contributed by atoms with E-state index in [1.165, 1.54) is 18.2 Å². The maximum Gasteiger partial charge on any atom is 0.340 e. The molecule has 2 aromatic rings. The van der Waals surface area contributed by atoms with Crippen LogP contribution in [0.1, 0.15) is 15.9 Å². The number of nitrogens with one attached hydrogen (secondary N) is 1. The number of carbonyl (C=O) groups is 2. The molecule has 0 radical (unpaired) electrons. The summed E-state index contributed by atoms with van der Waals surface area (Å²) in [4.78, 5) is 23.4. The van der Waals surface area contributed by atoms with Crippen LogP contribution in [0.4, 0.5) is 4.39 Å². The Morgan fingerprint density at radius 2 is 1.77 bits per heavy atom. The summed E-state index contributed by atoms with van der Waals surface area (Å²) >= 11 is 5.86. The first-order valence-electron chi connectivity index (χ1n) is 6.49. The molecule has 4 nitrogen and oxygen atoms in total. The maximum absolute atomic E-state index is 12.7. The van der Waals surface area contributed by atoms with Crippen LogP contribution in [0, 0.1) is 5.82 Å². The van der Waals surface area contributed by atoms with Crippen molar-refractivity contribution in [2.75, 3.05) is 6.61 Å². The number of carbonyl (C=O) groups excluding carboxylic acids is 2. The molecule has 0 atom stereocenters. The van der Waals surface area contributed by atoms with E-state index in [0.717, 1.165) is 5.56 Å². The van der Waals surface area contributed by atoms with Crippen molar-refractivity contribution in [3.8, 4) is 0 Å². The van der Waals surface area contributed by atoms with Crippen LogP contribution in [0.5, 0.6) is 0 Å². The molecular weight excluding hydrogens is 309 g/mol. The normalized spacial score (nSPS) is 10.1. The lowest BCUT2D eigenvalue weighted by Crippen LogP contribution is -2.28. The molecule has 0 unspecified atom stereocenters. The summed E-state index contributed by atoms with van der Waals surface area (Å²) in [5.41, 5.74) is 0.947. The number of rotatable bonds is 5. The molecular formula is C16H13ClFNO3. The Bertz CT molecular complexity index is 673. The molecule has 0 aromatic heterocycles. The summed E-state index contributed by atoms with van der Waals surface area (Å²) in [7, 11) is 0. The third-order valence-electron chi connectivity index (χ3n) is 2.83. The van der Waals surface area contributed by atoms with Crippen LogP contribution in [-0.4, -0.2) is 18.5 Å². The van der Waals surface area contributed by atoms with Crippen molar-refractivity contribution in [3.63, 3.8) is 0 Å². The van der Waals surface area contributed by atoms with E-state index in [2.05, 4.69) is 5.32 Å². The highest BCUT2D eigenvalue weighted by Gasteiger charge is 2.12. The molecule has 2 rings (SSSR count). The van der Waals surface area contributed by atoms with Gasteiger partial charge in [-0.1, -0.05) is 35.9 Å². The van der Waals surface area contributed by atoms with E-state index in [1.54, 1.807) is 30.3 Å². The summed E-state index contributed by atoms with van der Waals surface area (Å²) in [6.45, 7) is -0.186. The first-order valence-corrected chi connectivity index (χ1v) is 6.87. The van der Waals surface area contributed by atoms with Gasteiger partial charge in [-0.05, 0) is 29.8 Å². The number of ether oxygens (including phenoxy) is 1. The number of hydrogen-bond acceptors (Lipinski definition) is 3. The molecule has 2 aromatic carbocycles. The predicted molar refractivity (Wildman–Crippen MR) is 80.0 cm³/mol. The second kappa shape index (κ2) is 7.56. The third-order valence-corrected chi connectivity index (χ3v) is 3.16. The van der Waals surface area contributed by atoms with Crippen LogP contribution in [0.15, 0.2) is 48.5 Å². The van der Waals surface area contributed by atoms with Crippen molar-refractivity contribution in [2.45, 2.75) is 6.54 Å². The first kappa shape index (κ1) is 16.0. The van der Waals surface area contributed by atoms with Crippen molar-refractivity contribution in [3.05, 3.63) is 70.5 Å². The number of esters is 1. The van der Waals surface area contributed by atoms with E-state index in [9.17, 15) is 14.0 Å². The van der Waals surface area contributed by atoms with Crippen LogP contribution in [-0.2, 0) is 16.1 Å². The molecule has 6 heteroatoms. The molecule has 114 valence electrons.